The molecule has 0 fully saturated rings. The molecule has 0 bridgehead atoms. The van der Waals surface area contributed by atoms with Crippen molar-refractivity contribution in [2.45, 2.75) is 13.8 Å². The Labute approximate surface area is 99.6 Å². The summed E-state index contributed by atoms with van der Waals surface area (Å²) in [6.45, 7) is 2.92. The summed E-state index contributed by atoms with van der Waals surface area (Å²) in [6.07, 6.45) is 0. The maximum absolute atomic E-state index is 11.0. The van der Waals surface area contributed by atoms with Gasteiger partial charge in [-0.1, -0.05) is 24.3 Å². The van der Waals surface area contributed by atoms with Gasteiger partial charge in [0.05, 0.1) is 0 Å². The Morgan fingerprint density at radius 2 is 1.23 bits per heavy atom. The number of carbonyl (C=O) groups excluding carboxylic acids is 2. The zero-order valence-corrected chi connectivity index (χ0v) is 7.13. The van der Waals surface area contributed by atoms with Gasteiger partial charge in [-0.05, 0) is 13.8 Å². The summed E-state index contributed by atoms with van der Waals surface area (Å²) in [7, 11) is 0. The van der Waals surface area contributed by atoms with Crippen LogP contribution in [0.4, 0.5) is 0 Å². The Hall–Kier alpha value is -0.440. The van der Waals surface area contributed by atoms with Crippen molar-refractivity contribution in [3.8, 4) is 0 Å². The van der Waals surface area contributed by atoms with E-state index in [9.17, 15) is 9.59 Å². The van der Waals surface area contributed by atoms with Gasteiger partial charge in [0.25, 0.3) is 0 Å². The molecule has 0 amide bonds. The first-order valence-electron chi connectivity index (χ1n) is 3.74. The number of rotatable bonds is 2. The van der Waals surface area contributed by atoms with E-state index >= 15 is 0 Å². The van der Waals surface area contributed by atoms with Crippen LogP contribution in [-0.2, 0) is 0 Å². The topological polar surface area (TPSA) is 34.1 Å². The minimum atomic E-state index is -0.0687. The number of benzene rings is 1. The number of hydrogen-bond donors (Lipinski definition) is 0. The van der Waals surface area contributed by atoms with Gasteiger partial charge < -0.3 is 0 Å². The van der Waals surface area contributed by atoms with Crippen LogP contribution in [0.3, 0.4) is 0 Å². The molecule has 1 aromatic carbocycles. The first kappa shape index (κ1) is 12.6. The van der Waals surface area contributed by atoms with Crippen molar-refractivity contribution in [1.29, 1.82) is 0 Å². The van der Waals surface area contributed by atoms with Crippen LogP contribution in [0.2, 0.25) is 0 Å². The van der Waals surface area contributed by atoms with E-state index in [2.05, 4.69) is 0 Å². The fraction of sp³-hybridized carbons (Fsp3) is 0.200. The van der Waals surface area contributed by atoms with E-state index < -0.39 is 0 Å². The molecule has 0 heterocycles. The third kappa shape index (κ3) is 3.07. The van der Waals surface area contributed by atoms with Gasteiger partial charge >= 0.3 is 29.6 Å². The van der Waals surface area contributed by atoms with Gasteiger partial charge in [-0.3, -0.25) is 9.59 Å². The number of ketones is 2. The van der Waals surface area contributed by atoms with Gasteiger partial charge in [0.1, 0.15) is 0 Å². The van der Waals surface area contributed by atoms with Crippen LogP contribution in [0, 0.1) is 0 Å². The Morgan fingerprint density at radius 1 is 0.923 bits per heavy atom. The molecule has 0 saturated heterocycles. The fourth-order valence-electron chi connectivity index (χ4n) is 1.10. The molecule has 0 aliphatic heterocycles. The van der Waals surface area contributed by atoms with Crippen LogP contribution >= 0.6 is 0 Å². The normalized spacial score (nSPS) is 8.77. The molecule has 64 valence electrons. The molecule has 0 aliphatic carbocycles. The quantitative estimate of drug-likeness (QED) is 0.517. The first-order valence-corrected chi connectivity index (χ1v) is 3.74. The second kappa shape index (κ2) is 5.32. The molecule has 13 heavy (non-hydrogen) atoms. The van der Waals surface area contributed by atoms with Crippen LogP contribution < -0.4 is 0 Å². The summed E-state index contributed by atoms with van der Waals surface area (Å²) in [5.41, 5.74) is 1.01. The molecule has 0 aromatic heterocycles. The summed E-state index contributed by atoms with van der Waals surface area (Å²) >= 11 is 0. The van der Waals surface area contributed by atoms with E-state index in [1.54, 1.807) is 24.3 Å². The van der Waals surface area contributed by atoms with Crippen molar-refractivity contribution < 1.29 is 9.59 Å². The number of Topliss-reactive ketones (excluding diaryl/α,β-unsaturated/α-hetero) is 2. The average molecular weight is 186 g/mol. The Morgan fingerprint density at radius 3 is 1.46 bits per heavy atom. The van der Waals surface area contributed by atoms with Crippen LogP contribution in [0.25, 0.3) is 0 Å². The molecular formula is C10H11NaO2. The van der Waals surface area contributed by atoms with Gasteiger partial charge in [0, 0.05) is 11.1 Å². The van der Waals surface area contributed by atoms with Gasteiger partial charge in [-0.15, -0.1) is 0 Å². The molecule has 0 unspecified atom stereocenters. The van der Waals surface area contributed by atoms with E-state index in [1.807, 2.05) is 0 Å². The SMILES string of the molecule is CC(=O)c1ccccc1C(C)=O.[NaH]. The maximum atomic E-state index is 11.0. The number of hydrogen-bond acceptors (Lipinski definition) is 2. The third-order valence-electron chi connectivity index (χ3n) is 1.69. The monoisotopic (exact) mass is 186 g/mol. The first-order chi connectivity index (χ1) is 5.63. The molecule has 0 radical (unpaired) electrons. The number of carbonyl (C=O) groups is 2. The van der Waals surface area contributed by atoms with Crippen molar-refractivity contribution in [2.75, 3.05) is 0 Å². The summed E-state index contributed by atoms with van der Waals surface area (Å²) < 4.78 is 0. The standard InChI is InChI=1S/C10H10O2.Na.H/c1-7(11)9-5-3-4-6-10(9)8(2)12;;/h3-6H,1-2H3;;. The predicted molar refractivity (Wildman–Crippen MR) is 53.6 cm³/mol. The molecule has 3 heteroatoms. The van der Waals surface area contributed by atoms with Crippen molar-refractivity contribution in [3.63, 3.8) is 0 Å². The minimum absolute atomic E-state index is 0. The third-order valence-corrected chi connectivity index (χ3v) is 1.69. The van der Waals surface area contributed by atoms with E-state index in [4.69, 9.17) is 0 Å². The second-order valence-electron chi connectivity index (χ2n) is 2.66. The Bertz CT molecular complexity index is 298. The van der Waals surface area contributed by atoms with E-state index in [0.29, 0.717) is 11.1 Å². The van der Waals surface area contributed by atoms with Crippen molar-refractivity contribution >= 4 is 41.1 Å². The van der Waals surface area contributed by atoms with Gasteiger partial charge in [0.2, 0.25) is 0 Å². The Balaban J connectivity index is 0.00000144. The van der Waals surface area contributed by atoms with Crippen LogP contribution in [-0.4, -0.2) is 41.1 Å². The molecule has 0 saturated carbocycles. The van der Waals surface area contributed by atoms with Gasteiger partial charge in [-0.25, -0.2) is 0 Å². The summed E-state index contributed by atoms with van der Waals surface area (Å²) in [5.74, 6) is -0.137. The van der Waals surface area contributed by atoms with E-state index in [-0.39, 0.29) is 41.1 Å². The molecule has 0 spiro atoms. The van der Waals surface area contributed by atoms with Gasteiger partial charge in [0.15, 0.2) is 11.6 Å². The summed E-state index contributed by atoms with van der Waals surface area (Å²) in [5, 5.41) is 0. The zero-order valence-electron chi connectivity index (χ0n) is 7.13. The van der Waals surface area contributed by atoms with Crippen molar-refractivity contribution in [2.24, 2.45) is 0 Å². The van der Waals surface area contributed by atoms with E-state index in [1.165, 1.54) is 13.8 Å². The van der Waals surface area contributed by atoms with Gasteiger partial charge in [-0.2, -0.15) is 0 Å². The molecule has 2 nitrogen and oxygen atoms in total. The van der Waals surface area contributed by atoms with E-state index in [0.717, 1.165) is 0 Å². The van der Waals surface area contributed by atoms with Crippen LogP contribution in [0.5, 0.6) is 0 Å². The molecule has 0 N–H and O–H groups in total. The second-order valence-corrected chi connectivity index (χ2v) is 2.66. The average Bonchev–Trinajstić information content (AvgIpc) is 2.04. The zero-order chi connectivity index (χ0) is 9.14. The fourth-order valence-corrected chi connectivity index (χ4v) is 1.10. The molecule has 0 aliphatic rings. The molecule has 0 atom stereocenters. The van der Waals surface area contributed by atoms with Crippen molar-refractivity contribution in [3.05, 3.63) is 35.4 Å². The summed E-state index contributed by atoms with van der Waals surface area (Å²) in [6, 6.07) is 6.84. The van der Waals surface area contributed by atoms with Crippen LogP contribution in [0.1, 0.15) is 34.6 Å². The predicted octanol–water partition coefficient (Wildman–Crippen LogP) is 1.44. The molecule has 1 rings (SSSR count). The van der Waals surface area contributed by atoms with Crippen LogP contribution in [0.15, 0.2) is 24.3 Å². The Kier molecular flexibility index (Phi) is 5.14. The molecular weight excluding hydrogens is 175 g/mol. The summed E-state index contributed by atoms with van der Waals surface area (Å²) in [4.78, 5) is 22.0. The van der Waals surface area contributed by atoms with Crippen molar-refractivity contribution in [1.82, 2.24) is 0 Å². The molecule has 1 aromatic rings.